The van der Waals surface area contributed by atoms with E-state index in [1.165, 1.54) is 11.9 Å². The zero-order valence-corrected chi connectivity index (χ0v) is 12.1. The fourth-order valence-electron chi connectivity index (χ4n) is 2.65. The summed E-state index contributed by atoms with van der Waals surface area (Å²) in [6, 6.07) is 0. The van der Waals surface area contributed by atoms with Gasteiger partial charge >= 0.3 is 6.18 Å². The zero-order valence-electron chi connectivity index (χ0n) is 12.1. The second kappa shape index (κ2) is 5.98. The SMILES string of the molecule is Cn1cc(C(=O)N2CCC(CC(N)=O)CC2)c(C(F)(F)F)n1. The largest absolute Gasteiger partial charge is 0.435 e. The number of carbonyl (C=O) groups excluding carboxylic acids is 2. The summed E-state index contributed by atoms with van der Waals surface area (Å²) in [6.45, 7) is 0.617. The number of alkyl halides is 3. The molecule has 22 heavy (non-hydrogen) atoms. The molecule has 1 aliphatic rings. The number of piperidine rings is 1. The molecule has 1 aliphatic heterocycles. The van der Waals surface area contributed by atoms with Gasteiger partial charge in [0.15, 0.2) is 5.69 Å². The Kier molecular flexibility index (Phi) is 4.43. The Morgan fingerprint density at radius 2 is 1.95 bits per heavy atom. The molecule has 0 radical (unpaired) electrons. The minimum absolute atomic E-state index is 0.0811. The molecule has 0 unspecified atom stereocenters. The standard InChI is InChI=1S/C13H17F3N4O2/c1-19-7-9(11(18-19)13(14,15)16)12(22)20-4-2-8(3-5-20)6-10(17)21/h7-8H,2-6H2,1H3,(H2,17,21). The van der Waals surface area contributed by atoms with E-state index in [1.54, 1.807) is 0 Å². The summed E-state index contributed by atoms with van der Waals surface area (Å²) in [5.74, 6) is -1.01. The third kappa shape index (κ3) is 3.58. The molecule has 0 aromatic carbocycles. The van der Waals surface area contributed by atoms with Gasteiger partial charge in [-0.3, -0.25) is 14.3 Å². The molecular formula is C13H17F3N4O2. The third-order valence-electron chi connectivity index (χ3n) is 3.72. The Balaban J connectivity index is 2.09. The zero-order chi connectivity index (χ0) is 16.5. The van der Waals surface area contributed by atoms with Crippen LogP contribution < -0.4 is 5.73 Å². The summed E-state index contributed by atoms with van der Waals surface area (Å²) in [5, 5.41) is 3.34. The number of aryl methyl sites for hydroxylation is 1. The fourth-order valence-corrected chi connectivity index (χ4v) is 2.65. The fraction of sp³-hybridized carbons (Fsp3) is 0.615. The average molecular weight is 318 g/mol. The highest BCUT2D eigenvalue weighted by molar-refractivity contribution is 5.95. The van der Waals surface area contributed by atoms with Crippen LogP contribution >= 0.6 is 0 Å². The first-order chi connectivity index (χ1) is 10.2. The van der Waals surface area contributed by atoms with E-state index in [-0.39, 0.29) is 12.3 Å². The van der Waals surface area contributed by atoms with E-state index < -0.39 is 29.2 Å². The second-order valence-corrected chi connectivity index (χ2v) is 5.47. The Morgan fingerprint density at radius 1 is 1.36 bits per heavy atom. The van der Waals surface area contributed by atoms with Gasteiger partial charge in [-0.15, -0.1) is 0 Å². The summed E-state index contributed by atoms with van der Waals surface area (Å²) in [6.07, 6.45) is -2.24. The molecule has 9 heteroatoms. The Morgan fingerprint density at radius 3 is 2.45 bits per heavy atom. The molecular weight excluding hydrogens is 301 g/mol. The summed E-state index contributed by atoms with van der Waals surface area (Å²) in [7, 11) is 1.34. The number of rotatable bonds is 3. The molecule has 1 aromatic heterocycles. The topological polar surface area (TPSA) is 81.2 Å². The van der Waals surface area contributed by atoms with Crippen LogP contribution in [0.15, 0.2) is 6.20 Å². The molecule has 1 fully saturated rings. The number of nitrogens with zero attached hydrogens (tertiary/aromatic N) is 3. The molecule has 2 heterocycles. The number of nitrogens with two attached hydrogens (primary N) is 1. The van der Waals surface area contributed by atoms with Crippen LogP contribution in [-0.2, 0) is 18.0 Å². The smallest absolute Gasteiger partial charge is 0.370 e. The lowest BCUT2D eigenvalue weighted by Gasteiger charge is -2.31. The molecule has 0 saturated carbocycles. The molecule has 122 valence electrons. The number of hydrogen-bond acceptors (Lipinski definition) is 3. The van der Waals surface area contributed by atoms with Crippen molar-refractivity contribution in [3.05, 3.63) is 17.5 Å². The lowest BCUT2D eigenvalue weighted by Crippen LogP contribution is -2.39. The van der Waals surface area contributed by atoms with Crippen molar-refractivity contribution in [1.82, 2.24) is 14.7 Å². The summed E-state index contributed by atoms with van der Waals surface area (Å²) >= 11 is 0. The number of likely N-dealkylation sites (tertiary alicyclic amines) is 1. The van der Waals surface area contributed by atoms with Gasteiger partial charge < -0.3 is 10.6 Å². The summed E-state index contributed by atoms with van der Waals surface area (Å²) < 4.78 is 39.7. The van der Waals surface area contributed by atoms with Gasteiger partial charge in [0, 0.05) is 32.8 Å². The lowest BCUT2D eigenvalue weighted by molar-refractivity contribution is -0.141. The van der Waals surface area contributed by atoms with Crippen LogP contribution in [0.2, 0.25) is 0 Å². The number of primary amides is 1. The first-order valence-electron chi connectivity index (χ1n) is 6.87. The number of carbonyl (C=O) groups is 2. The van der Waals surface area contributed by atoms with Gasteiger partial charge in [0.05, 0.1) is 5.56 Å². The Bertz CT molecular complexity index is 574. The van der Waals surface area contributed by atoms with Crippen molar-refractivity contribution < 1.29 is 22.8 Å². The molecule has 0 bridgehead atoms. The van der Waals surface area contributed by atoms with Crippen LogP contribution in [0.4, 0.5) is 13.2 Å². The average Bonchev–Trinajstić information content (AvgIpc) is 2.80. The molecule has 2 rings (SSSR count). The predicted octanol–water partition coefficient (Wildman–Crippen LogP) is 1.17. The van der Waals surface area contributed by atoms with Crippen molar-refractivity contribution >= 4 is 11.8 Å². The first-order valence-corrected chi connectivity index (χ1v) is 6.87. The van der Waals surface area contributed by atoms with E-state index in [2.05, 4.69) is 5.10 Å². The van der Waals surface area contributed by atoms with Crippen molar-refractivity contribution in [2.45, 2.75) is 25.4 Å². The highest BCUT2D eigenvalue weighted by Crippen LogP contribution is 2.32. The number of hydrogen-bond donors (Lipinski definition) is 1. The molecule has 0 spiro atoms. The van der Waals surface area contributed by atoms with Crippen molar-refractivity contribution in [2.75, 3.05) is 13.1 Å². The van der Waals surface area contributed by atoms with Gasteiger partial charge in [0.25, 0.3) is 5.91 Å². The highest BCUT2D eigenvalue weighted by atomic mass is 19.4. The van der Waals surface area contributed by atoms with Crippen molar-refractivity contribution in [3.8, 4) is 0 Å². The van der Waals surface area contributed by atoms with Crippen LogP contribution in [0, 0.1) is 5.92 Å². The maximum absolute atomic E-state index is 12.9. The van der Waals surface area contributed by atoms with Crippen molar-refractivity contribution in [2.24, 2.45) is 18.7 Å². The number of halogens is 3. The third-order valence-corrected chi connectivity index (χ3v) is 3.72. The first kappa shape index (κ1) is 16.3. The van der Waals surface area contributed by atoms with E-state index in [0.717, 1.165) is 10.9 Å². The van der Waals surface area contributed by atoms with E-state index in [0.29, 0.717) is 25.9 Å². The molecule has 2 N–H and O–H groups in total. The Hall–Kier alpha value is -2.06. The molecule has 0 atom stereocenters. The van der Waals surface area contributed by atoms with Gasteiger partial charge in [-0.1, -0.05) is 0 Å². The normalized spacial score (nSPS) is 16.8. The maximum atomic E-state index is 12.9. The molecule has 2 amide bonds. The monoisotopic (exact) mass is 318 g/mol. The van der Waals surface area contributed by atoms with Crippen LogP contribution in [0.25, 0.3) is 0 Å². The van der Waals surface area contributed by atoms with Gasteiger partial charge in [0.1, 0.15) is 0 Å². The van der Waals surface area contributed by atoms with E-state index >= 15 is 0 Å². The van der Waals surface area contributed by atoms with Crippen LogP contribution in [-0.4, -0.2) is 39.6 Å². The van der Waals surface area contributed by atoms with E-state index in [4.69, 9.17) is 5.73 Å². The number of aromatic nitrogens is 2. The van der Waals surface area contributed by atoms with Crippen LogP contribution in [0.3, 0.4) is 0 Å². The van der Waals surface area contributed by atoms with Gasteiger partial charge in [-0.2, -0.15) is 18.3 Å². The highest BCUT2D eigenvalue weighted by Gasteiger charge is 2.40. The van der Waals surface area contributed by atoms with Crippen molar-refractivity contribution in [3.63, 3.8) is 0 Å². The summed E-state index contributed by atoms with van der Waals surface area (Å²) in [4.78, 5) is 24.5. The van der Waals surface area contributed by atoms with E-state index in [1.807, 2.05) is 0 Å². The van der Waals surface area contributed by atoms with Gasteiger partial charge in [0.2, 0.25) is 5.91 Å². The van der Waals surface area contributed by atoms with Crippen LogP contribution in [0.1, 0.15) is 35.3 Å². The van der Waals surface area contributed by atoms with Gasteiger partial charge in [-0.25, -0.2) is 0 Å². The van der Waals surface area contributed by atoms with Crippen LogP contribution in [0.5, 0.6) is 0 Å². The second-order valence-electron chi connectivity index (χ2n) is 5.47. The summed E-state index contributed by atoms with van der Waals surface area (Å²) in [5.41, 5.74) is 3.52. The molecule has 1 saturated heterocycles. The predicted molar refractivity (Wildman–Crippen MR) is 70.6 cm³/mol. The lowest BCUT2D eigenvalue weighted by atomic mass is 9.93. The Labute approximate surface area is 125 Å². The van der Waals surface area contributed by atoms with E-state index in [9.17, 15) is 22.8 Å². The quantitative estimate of drug-likeness (QED) is 0.908. The van der Waals surface area contributed by atoms with Crippen molar-refractivity contribution in [1.29, 1.82) is 0 Å². The van der Waals surface area contributed by atoms with Gasteiger partial charge in [-0.05, 0) is 18.8 Å². The molecule has 6 nitrogen and oxygen atoms in total. The minimum atomic E-state index is -4.67. The maximum Gasteiger partial charge on any atom is 0.435 e. The number of amides is 2. The molecule has 0 aliphatic carbocycles. The molecule has 1 aromatic rings. The minimum Gasteiger partial charge on any atom is -0.370 e.